The number of carbonyl (C=O) groups excluding carboxylic acids is 4. The summed E-state index contributed by atoms with van der Waals surface area (Å²) < 4.78 is 67.8. The minimum atomic E-state index is -4.94. The van der Waals surface area contributed by atoms with Crippen LogP contribution in [0.25, 0.3) is 0 Å². The number of rotatable bonds is 61. The lowest BCUT2D eigenvalue weighted by atomic mass is 10.0. The fourth-order valence-electron chi connectivity index (χ4n) is 9.18. The molecule has 19 heteroatoms. The van der Waals surface area contributed by atoms with E-state index >= 15 is 0 Å². The number of unbranched alkanes of at least 4 members (excludes halogenated alkanes) is 31. The van der Waals surface area contributed by atoms with E-state index in [9.17, 15) is 43.2 Å². The Morgan fingerprint density at radius 3 is 0.840 bits per heavy atom. The zero-order valence-corrected chi connectivity index (χ0v) is 53.9. The molecule has 0 spiro atoms. The maximum Gasteiger partial charge on any atom is 0.472 e. The Hall–Kier alpha value is -1.94. The number of hydrogen-bond acceptors (Lipinski definition) is 15. The van der Waals surface area contributed by atoms with Gasteiger partial charge in [-0.15, -0.1) is 0 Å². The third-order valence-electron chi connectivity index (χ3n) is 14.2. The average molecular weight is 1200 g/mol. The summed E-state index contributed by atoms with van der Waals surface area (Å²) in [4.78, 5) is 72.0. The van der Waals surface area contributed by atoms with E-state index in [1.165, 1.54) is 109 Å². The van der Waals surface area contributed by atoms with Crippen LogP contribution in [0.2, 0.25) is 0 Å². The molecule has 5 atom stereocenters. The molecule has 2 unspecified atom stereocenters. The first-order chi connectivity index (χ1) is 38.9. The molecule has 0 aliphatic heterocycles. The number of ether oxygens (including phenoxy) is 4. The Bertz CT molecular complexity index is 1600. The van der Waals surface area contributed by atoms with Crippen LogP contribution in [0.4, 0.5) is 0 Å². The average Bonchev–Trinajstić information content (AvgIpc) is 3.42. The lowest BCUT2D eigenvalue weighted by Gasteiger charge is -2.21. The third kappa shape index (κ3) is 56.9. The first-order valence-corrected chi connectivity index (χ1v) is 35.5. The molecule has 0 saturated carbocycles. The molecule has 0 aromatic carbocycles. The van der Waals surface area contributed by atoms with Crippen LogP contribution >= 0.6 is 15.6 Å². The number of aliphatic hydroxyl groups is 1. The van der Waals surface area contributed by atoms with Crippen molar-refractivity contribution in [3.05, 3.63) is 0 Å². The summed E-state index contributed by atoms with van der Waals surface area (Å²) in [6.07, 6.45) is 36.3. The highest BCUT2D eigenvalue weighted by Gasteiger charge is 2.30. The van der Waals surface area contributed by atoms with Crippen LogP contribution in [-0.2, 0) is 65.4 Å². The van der Waals surface area contributed by atoms with Gasteiger partial charge in [-0.1, -0.05) is 253 Å². The molecule has 0 fully saturated rings. The monoisotopic (exact) mass is 1200 g/mol. The van der Waals surface area contributed by atoms with Gasteiger partial charge in [0.15, 0.2) is 12.2 Å². The molecule has 0 rings (SSSR count). The maximum atomic E-state index is 13.0. The first-order valence-electron chi connectivity index (χ1n) is 32.5. The van der Waals surface area contributed by atoms with Crippen molar-refractivity contribution in [3.8, 4) is 0 Å². The second-order valence-electron chi connectivity index (χ2n) is 23.4. The smallest absolute Gasteiger partial charge is 0.462 e. The Morgan fingerprint density at radius 2 is 0.568 bits per heavy atom. The summed E-state index contributed by atoms with van der Waals surface area (Å²) in [6, 6.07) is 0. The van der Waals surface area contributed by atoms with Crippen molar-refractivity contribution in [2.24, 2.45) is 11.8 Å². The summed E-state index contributed by atoms with van der Waals surface area (Å²) in [5, 5.41) is 10.5. The van der Waals surface area contributed by atoms with Crippen LogP contribution in [0.3, 0.4) is 0 Å². The molecule has 0 radical (unpaired) electrons. The third-order valence-corrected chi connectivity index (χ3v) is 16.1. The van der Waals surface area contributed by atoms with Gasteiger partial charge in [-0.2, -0.15) is 0 Å². The lowest BCUT2D eigenvalue weighted by molar-refractivity contribution is -0.161. The molecule has 0 saturated heterocycles. The maximum absolute atomic E-state index is 13.0. The van der Waals surface area contributed by atoms with Gasteiger partial charge in [0.05, 0.1) is 26.4 Å². The van der Waals surface area contributed by atoms with E-state index in [2.05, 4.69) is 41.5 Å². The Morgan fingerprint density at radius 1 is 0.333 bits per heavy atom. The normalized spacial score (nSPS) is 14.4. The van der Waals surface area contributed by atoms with Gasteiger partial charge in [-0.05, 0) is 37.5 Å². The zero-order chi connectivity index (χ0) is 60.1. The zero-order valence-electron chi connectivity index (χ0n) is 52.1. The quantitative estimate of drug-likeness (QED) is 0.0222. The van der Waals surface area contributed by atoms with Crippen molar-refractivity contribution in [2.45, 2.75) is 323 Å². The van der Waals surface area contributed by atoms with Crippen molar-refractivity contribution >= 4 is 39.5 Å². The number of carbonyl (C=O) groups is 4. The highest BCUT2D eigenvalue weighted by Crippen LogP contribution is 2.45. The summed E-state index contributed by atoms with van der Waals surface area (Å²) >= 11 is 0. The fourth-order valence-corrected chi connectivity index (χ4v) is 10.8. The van der Waals surface area contributed by atoms with Gasteiger partial charge < -0.3 is 33.8 Å². The molecule has 17 nitrogen and oxygen atoms in total. The van der Waals surface area contributed by atoms with Gasteiger partial charge in [0.1, 0.15) is 19.3 Å². The van der Waals surface area contributed by atoms with E-state index < -0.39 is 97.5 Å². The molecule has 0 amide bonds. The molecule has 81 heavy (non-hydrogen) atoms. The molecule has 0 bridgehead atoms. The molecule has 0 heterocycles. The van der Waals surface area contributed by atoms with Crippen LogP contribution in [0.5, 0.6) is 0 Å². The molecule has 0 aromatic heterocycles. The molecular formula is C62H120O17P2. The van der Waals surface area contributed by atoms with Gasteiger partial charge >= 0.3 is 39.5 Å². The molecule has 0 aromatic rings. The standard InChI is InChI=1S/C62H120O17P2/c1-7-9-11-13-15-20-27-34-40-46-61(66)78-57(50-72-59(64)44-38-32-26-16-14-12-10-8-2)52-76-80(68,69)74-48-56(63)49-75-81(70,71)77-53-58(51-73-60(65)45-39-33-29-23-25-31-37-43-55(5)6)79-62(67)47-41-35-28-22-19-17-18-21-24-30-36-42-54(3)4/h54-58,63H,7-53H2,1-6H3,(H,68,69)(H,70,71)/t56-,57+,58+/m0/s1. The summed E-state index contributed by atoms with van der Waals surface area (Å²) in [5.41, 5.74) is 0. The fraction of sp³-hybridized carbons (Fsp3) is 0.935. The van der Waals surface area contributed by atoms with Gasteiger partial charge in [0, 0.05) is 25.7 Å². The van der Waals surface area contributed by atoms with E-state index in [4.69, 9.17) is 37.0 Å². The van der Waals surface area contributed by atoms with Crippen LogP contribution in [0, 0.1) is 11.8 Å². The van der Waals surface area contributed by atoms with Crippen molar-refractivity contribution < 1.29 is 80.2 Å². The van der Waals surface area contributed by atoms with Crippen LogP contribution < -0.4 is 0 Å². The lowest BCUT2D eigenvalue weighted by Crippen LogP contribution is -2.30. The molecule has 0 aliphatic carbocycles. The minimum Gasteiger partial charge on any atom is -0.462 e. The predicted octanol–water partition coefficient (Wildman–Crippen LogP) is 16.9. The summed E-state index contributed by atoms with van der Waals surface area (Å²) in [6.45, 7) is 9.38. The molecular weight excluding hydrogens is 1080 g/mol. The SMILES string of the molecule is CCCCCCCCCCCC(=O)O[C@H](COC(=O)CCCCCCCCCC)COP(=O)(O)OC[C@H](O)COP(=O)(O)OC[C@@H](COC(=O)CCCCCCCCCC(C)C)OC(=O)CCCCCCCCCCCCCC(C)C. The van der Waals surface area contributed by atoms with Gasteiger partial charge in [0.2, 0.25) is 0 Å². The van der Waals surface area contributed by atoms with Crippen LogP contribution in [-0.4, -0.2) is 96.7 Å². The van der Waals surface area contributed by atoms with Gasteiger partial charge in [-0.25, -0.2) is 9.13 Å². The first kappa shape index (κ1) is 79.1. The van der Waals surface area contributed by atoms with E-state index in [0.717, 1.165) is 109 Å². The second-order valence-corrected chi connectivity index (χ2v) is 26.3. The Labute approximate surface area is 492 Å². The summed E-state index contributed by atoms with van der Waals surface area (Å²) in [5.74, 6) is -0.670. The Kier molecular flexibility index (Phi) is 53.4. The number of phosphoric ester groups is 2. The van der Waals surface area contributed by atoms with E-state index in [1.807, 2.05) is 0 Å². The number of aliphatic hydroxyl groups excluding tert-OH is 1. The van der Waals surface area contributed by atoms with Crippen molar-refractivity contribution in [3.63, 3.8) is 0 Å². The topological polar surface area (TPSA) is 237 Å². The number of phosphoric acid groups is 2. The molecule has 3 N–H and O–H groups in total. The predicted molar refractivity (Wildman–Crippen MR) is 321 cm³/mol. The van der Waals surface area contributed by atoms with Crippen molar-refractivity contribution in [2.75, 3.05) is 39.6 Å². The van der Waals surface area contributed by atoms with E-state index in [-0.39, 0.29) is 25.7 Å². The Balaban J connectivity index is 5.22. The summed E-state index contributed by atoms with van der Waals surface area (Å²) in [7, 11) is -9.88. The van der Waals surface area contributed by atoms with Gasteiger partial charge in [0.25, 0.3) is 0 Å². The minimum absolute atomic E-state index is 0.105. The highest BCUT2D eigenvalue weighted by molar-refractivity contribution is 7.47. The van der Waals surface area contributed by atoms with Crippen molar-refractivity contribution in [1.82, 2.24) is 0 Å². The largest absolute Gasteiger partial charge is 0.472 e. The van der Waals surface area contributed by atoms with E-state index in [0.29, 0.717) is 31.6 Å². The van der Waals surface area contributed by atoms with Crippen LogP contribution in [0.15, 0.2) is 0 Å². The molecule has 480 valence electrons. The van der Waals surface area contributed by atoms with Gasteiger partial charge in [-0.3, -0.25) is 37.3 Å². The number of hydrogen-bond donors (Lipinski definition) is 3. The van der Waals surface area contributed by atoms with Crippen molar-refractivity contribution in [1.29, 1.82) is 0 Å². The second kappa shape index (κ2) is 54.7. The van der Waals surface area contributed by atoms with E-state index in [1.54, 1.807) is 0 Å². The molecule has 0 aliphatic rings. The number of esters is 4. The van der Waals surface area contributed by atoms with Crippen LogP contribution in [0.1, 0.15) is 305 Å². The highest BCUT2D eigenvalue weighted by atomic mass is 31.2.